The van der Waals surface area contributed by atoms with Crippen molar-refractivity contribution in [2.75, 3.05) is 6.54 Å². The van der Waals surface area contributed by atoms with Gasteiger partial charge in [0.1, 0.15) is 18.6 Å². The minimum absolute atomic E-state index is 0.102. The number of nitrogens with zero attached hydrogens (tertiary/aromatic N) is 5. The fourth-order valence-corrected chi connectivity index (χ4v) is 5.39. The molecule has 4 rings (SSSR count). The summed E-state index contributed by atoms with van der Waals surface area (Å²) >= 11 is 12.5. The van der Waals surface area contributed by atoms with Crippen LogP contribution in [-0.4, -0.2) is 84.4 Å². The SMILES string of the molecule is CC(C(=O)NC(CC(=O)O)C(=O)Cn1nnnc1Cc1c(Cl)cccc1Cl)N1CCCC[C@H](NC(=O)c2ccccc2)C1=O. The lowest BCUT2D eigenvalue weighted by atomic mass is 10.1. The van der Waals surface area contributed by atoms with E-state index in [1.807, 2.05) is 0 Å². The van der Waals surface area contributed by atoms with Crippen LogP contribution in [0, 0.1) is 0 Å². The zero-order valence-electron chi connectivity index (χ0n) is 23.8. The third-order valence-electron chi connectivity index (χ3n) is 7.30. The van der Waals surface area contributed by atoms with E-state index in [0.717, 1.165) is 0 Å². The standard InChI is InChI=1S/C29H31Cl2N7O6/c1-17(37-13-6-5-12-22(29(37)44)32-28(43)18-8-3-2-4-9-18)27(42)33-23(15-26(40)41)24(39)16-38-25(34-35-36-38)14-19-20(30)10-7-11-21(19)31/h2-4,7-11,17,22-23H,5-6,12-16H2,1H3,(H,32,43)(H,33,42)(H,40,41)/t17?,22-,23?/m0/s1. The number of aromatic nitrogens is 4. The smallest absolute Gasteiger partial charge is 0.305 e. The predicted octanol–water partition coefficient (Wildman–Crippen LogP) is 2.30. The summed E-state index contributed by atoms with van der Waals surface area (Å²) in [6, 6.07) is 10.1. The van der Waals surface area contributed by atoms with E-state index >= 15 is 0 Å². The molecule has 0 bridgehead atoms. The van der Waals surface area contributed by atoms with Crippen molar-refractivity contribution in [2.24, 2.45) is 0 Å². The Kier molecular flexibility index (Phi) is 11.0. The average molecular weight is 645 g/mol. The first-order valence-electron chi connectivity index (χ1n) is 13.9. The molecule has 1 saturated heterocycles. The topological polar surface area (TPSA) is 176 Å². The summed E-state index contributed by atoms with van der Waals surface area (Å²) in [5.74, 6) is -3.29. The maximum atomic E-state index is 13.4. The molecule has 13 nitrogen and oxygen atoms in total. The molecule has 44 heavy (non-hydrogen) atoms. The van der Waals surface area contributed by atoms with E-state index in [2.05, 4.69) is 26.2 Å². The molecule has 0 spiro atoms. The number of hydrogen-bond acceptors (Lipinski definition) is 8. The van der Waals surface area contributed by atoms with Crippen LogP contribution < -0.4 is 10.6 Å². The van der Waals surface area contributed by atoms with E-state index < -0.39 is 60.6 Å². The molecule has 15 heteroatoms. The third kappa shape index (κ3) is 8.17. The molecule has 0 saturated carbocycles. The highest BCUT2D eigenvalue weighted by Gasteiger charge is 2.35. The van der Waals surface area contributed by atoms with Gasteiger partial charge in [0.05, 0.1) is 12.5 Å². The summed E-state index contributed by atoms with van der Waals surface area (Å²) in [5.41, 5.74) is 0.946. The average Bonchev–Trinajstić information content (AvgIpc) is 3.35. The molecule has 2 aromatic carbocycles. The molecule has 1 aromatic heterocycles. The molecular weight excluding hydrogens is 613 g/mol. The molecule has 232 valence electrons. The van der Waals surface area contributed by atoms with Crippen LogP contribution in [0.5, 0.6) is 0 Å². The maximum absolute atomic E-state index is 13.4. The number of rotatable bonds is 12. The number of carbonyl (C=O) groups excluding carboxylic acids is 4. The molecule has 3 atom stereocenters. The van der Waals surface area contributed by atoms with Crippen LogP contribution in [-0.2, 0) is 32.1 Å². The fourth-order valence-electron chi connectivity index (χ4n) is 4.86. The normalized spacial score (nSPS) is 16.5. The third-order valence-corrected chi connectivity index (χ3v) is 8.01. The van der Waals surface area contributed by atoms with Crippen molar-refractivity contribution in [3.63, 3.8) is 0 Å². The van der Waals surface area contributed by atoms with Gasteiger partial charge in [0, 0.05) is 28.6 Å². The molecule has 1 aliphatic rings. The van der Waals surface area contributed by atoms with Gasteiger partial charge in [-0.2, -0.15) is 0 Å². The van der Waals surface area contributed by atoms with Gasteiger partial charge < -0.3 is 20.6 Å². The summed E-state index contributed by atoms with van der Waals surface area (Å²) in [6.45, 7) is 1.30. The van der Waals surface area contributed by atoms with Crippen LogP contribution in [0.1, 0.15) is 54.4 Å². The van der Waals surface area contributed by atoms with E-state index in [-0.39, 0.29) is 18.8 Å². The number of carbonyl (C=O) groups is 5. The number of Topliss-reactive ketones (excluding diaryl/α,β-unsaturated/α-hetero) is 1. The fraction of sp³-hybridized carbons (Fsp3) is 0.379. The van der Waals surface area contributed by atoms with Gasteiger partial charge >= 0.3 is 5.97 Å². The van der Waals surface area contributed by atoms with Gasteiger partial charge in [-0.1, -0.05) is 47.5 Å². The number of halogens is 2. The lowest BCUT2D eigenvalue weighted by molar-refractivity contribution is -0.143. The van der Waals surface area contributed by atoms with Crippen molar-refractivity contribution in [3.8, 4) is 0 Å². The van der Waals surface area contributed by atoms with Crippen LogP contribution in [0.25, 0.3) is 0 Å². The van der Waals surface area contributed by atoms with Crippen LogP contribution in [0.15, 0.2) is 48.5 Å². The number of carboxylic acids is 1. The molecule has 3 N–H and O–H groups in total. The second kappa shape index (κ2) is 14.9. The van der Waals surface area contributed by atoms with E-state index in [9.17, 15) is 29.1 Å². The Balaban J connectivity index is 1.44. The number of benzene rings is 2. The van der Waals surface area contributed by atoms with Gasteiger partial charge in [-0.05, 0) is 66.4 Å². The lowest BCUT2D eigenvalue weighted by Gasteiger charge is -2.30. The molecule has 3 aromatic rings. The number of hydrogen-bond donors (Lipinski definition) is 3. The summed E-state index contributed by atoms with van der Waals surface area (Å²) in [6.07, 6.45) is 1.04. The van der Waals surface area contributed by atoms with Crippen LogP contribution >= 0.6 is 23.2 Å². The second-order valence-corrected chi connectivity index (χ2v) is 11.2. The number of nitrogens with one attached hydrogen (secondary N) is 2. The predicted molar refractivity (Wildman–Crippen MR) is 159 cm³/mol. The van der Waals surface area contributed by atoms with Crippen molar-refractivity contribution in [1.82, 2.24) is 35.7 Å². The number of likely N-dealkylation sites (tertiary alicyclic amines) is 1. The zero-order valence-corrected chi connectivity index (χ0v) is 25.3. The first-order chi connectivity index (χ1) is 21.0. The van der Waals surface area contributed by atoms with Gasteiger partial charge in [-0.15, -0.1) is 5.10 Å². The number of ketones is 1. The highest BCUT2D eigenvalue weighted by molar-refractivity contribution is 6.36. The zero-order chi connectivity index (χ0) is 31.8. The van der Waals surface area contributed by atoms with Gasteiger partial charge in [0.2, 0.25) is 11.8 Å². The number of amides is 3. The van der Waals surface area contributed by atoms with Gasteiger partial charge in [0.25, 0.3) is 5.91 Å². The Morgan fingerprint density at radius 3 is 2.43 bits per heavy atom. The summed E-state index contributed by atoms with van der Waals surface area (Å²) in [7, 11) is 0. The van der Waals surface area contributed by atoms with Crippen LogP contribution in [0.3, 0.4) is 0 Å². The monoisotopic (exact) mass is 643 g/mol. The lowest BCUT2D eigenvalue weighted by Crippen LogP contribution is -2.56. The highest BCUT2D eigenvalue weighted by atomic mass is 35.5. The molecule has 0 radical (unpaired) electrons. The first kappa shape index (κ1) is 32.6. The quantitative estimate of drug-likeness (QED) is 0.267. The van der Waals surface area contributed by atoms with E-state index in [0.29, 0.717) is 40.4 Å². The van der Waals surface area contributed by atoms with Gasteiger partial charge in [-0.25, -0.2) is 4.68 Å². The second-order valence-electron chi connectivity index (χ2n) is 10.4. The molecule has 2 heterocycles. The molecular formula is C29H31Cl2N7O6. The number of carboxylic acid groups (broad SMARTS) is 1. The maximum Gasteiger partial charge on any atom is 0.305 e. The summed E-state index contributed by atoms with van der Waals surface area (Å²) in [5, 5.41) is 26.9. The molecule has 3 amide bonds. The van der Waals surface area contributed by atoms with E-state index in [4.69, 9.17) is 23.2 Å². The van der Waals surface area contributed by atoms with Crippen molar-refractivity contribution in [3.05, 3.63) is 75.5 Å². The van der Waals surface area contributed by atoms with Crippen LogP contribution in [0.2, 0.25) is 10.0 Å². The van der Waals surface area contributed by atoms with E-state index in [1.165, 1.54) is 16.5 Å². The minimum Gasteiger partial charge on any atom is -0.481 e. The van der Waals surface area contributed by atoms with Crippen molar-refractivity contribution in [1.29, 1.82) is 0 Å². The van der Waals surface area contributed by atoms with Crippen molar-refractivity contribution >= 4 is 52.7 Å². The molecule has 0 aliphatic carbocycles. The number of aliphatic carboxylic acids is 1. The highest BCUT2D eigenvalue weighted by Crippen LogP contribution is 2.26. The Morgan fingerprint density at radius 2 is 1.75 bits per heavy atom. The number of tetrazole rings is 1. The Bertz CT molecular complexity index is 1510. The van der Waals surface area contributed by atoms with Gasteiger partial charge in [0.15, 0.2) is 11.6 Å². The summed E-state index contributed by atoms with van der Waals surface area (Å²) < 4.78 is 1.19. The Hall–Kier alpha value is -4.36. The molecule has 1 aliphatic heterocycles. The first-order valence-corrected chi connectivity index (χ1v) is 14.7. The Labute approximate surface area is 262 Å². The van der Waals surface area contributed by atoms with Crippen molar-refractivity contribution in [2.45, 2.75) is 63.7 Å². The van der Waals surface area contributed by atoms with Crippen molar-refractivity contribution < 1.29 is 29.1 Å². The molecule has 2 unspecified atom stereocenters. The van der Waals surface area contributed by atoms with Crippen LogP contribution in [0.4, 0.5) is 0 Å². The Morgan fingerprint density at radius 1 is 1.05 bits per heavy atom. The van der Waals surface area contributed by atoms with Gasteiger partial charge in [-0.3, -0.25) is 24.0 Å². The minimum atomic E-state index is -1.43. The summed E-state index contributed by atoms with van der Waals surface area (Å²) in [4.78, 5) is 65.7. The molecule has 1 fully saturated rings. The largest absolute Gasteiger partial charge is 0.481 e. The van der Waals surface area contributed by atoms with E-state index in [1.54, 1.807) is 48.5 Å².